The van der Waals surface area contributed by atoms with Crippen LogP contribution in [-0.4, -0.2) is 15.9 Å². The van der Waals surface area contributed by atoms with E-state index in [1.807, 2.05) is 49.4 Å². The molecule has 0 unspecified atom stereocenters. The predicted octanol–water partition coefficient (Wildman–Crippen LogP) is 4.86. The van der Waals surface area contributed by atoms with Crippen LogP contribution < -0.4 is 4.90 Å². The van der Waals surface area contributed by atoms with Gasteiger partial charge in [-0.1, -0.05) is 24.3 Å². The molecule has 0 saturated carbocycles. The van der Waals surface area contributed by atoms with Crippen LogP contribution in [0.5, 0.6) is 0 Å². The Kier molecular flexibility index (Phi) is 4.42. The molecule has 2 aromatic carbocycles. The van der Waals surface area contributed by atoms with E-state index in [0.29, 0.717) is 23.2 Å². The van der Waals surface area contributed by atoms with Gasteiger partial charge in [-0.3, -0.25) is 9.78 Å². The molecular formula is C22H18FN3O. The van der Waals surface area contributed by atoms with Crippen molar-refractivity contribution in [1.82, 2.24) is 9.97 Å². The van der Waals surface area contributed by atoms with Gasteiger partial charge in [0.2, 0.25) is 0 Å². The number of halogens is 1. The Labute approximate surface area is 156 Å². The largest absolute Gasteiger partial charge is 0.358 e. The molecular weight excluding hydrogens is 341 g/mol. The fraction of sp³-hybridized carbons (Fsp3) is 0.0909. The fourth-order valence-corrected chi connectivity index (χ4v) is 3.27. The number of nitrogens with one attached hydrogen (secondary N) is 1. The minimum atomic E-state index is -0.367. The number of hydrogen-bond acceptors (Lipinski definition) is 2. The first-order chi connectivity index (χ1) is 13.1. The van der Waals surface area contributed by atoms with Gasteiger partial charge in [-0.05, 0) is 48.9 Å². The Morgan fingerprint density at radius 2 is 1.93 bits per heavy atom. The number of aromatic nitrogens is 2. The topological polar surface area (TPSA) is 49.0 Å². The van der Waals surface area contributed by atoms with Gasteiger partial charge in [0, 0.05) is 34.7 Å². The maximum atomic E-state index is 13.8. The minimum absolute atomic E-state index is 0.181. The van der Waals surface area contributed by atoms with E-state index in [-0.39, 0.29) is 11.7 Å². The van der Waals surface area contributed by atoms with Crippen LogP contribution in [0.3, 0.4) is 0 Å². The number of hydrogen-bond donors (Lipinski definition) is 1. The summed E-state index contributed by atoms with van der Waals surface area (Å²) >= 11 is 0. The molecule has 4 aromatic rings. The molecule has 0 aliphatic rings. The maximum absolute atomic E-state index is 13.8. The zero-order chi connectivity index (χ0) is 18.8. The first-order valence-corrected chi connectivity index (χ1v) is 8.67. The lowest BCUT2D eigenvalue weighted by Gasteiger charge is -2.23. The van der Waals surface area contributed by atoms with E-state index in [4.69, 9.17) is 0 Å². The number of aromatic amines is 1. The van der Waals surface area contributed by atoms with Crippen molar-refractivity contribution in [2.75, 3.05) is 4.90 Å². The fourth-order valence-electron chi connectivity index (χ4n) is 3.27. The van der Waals surface area contributed by atoms with Crippen molar-refractivity contribution in [3.8, 4) is 0 Å². The van der Waals surface area contributed by atoms with E-state index in [1.54, 1.807) is 23.4 Å². The summed E-state index contributed by atoms with van der Waals surface area (Å²) in [4.78, 5) is 22.5. The Bertz CT molecular complexity index is 1090. The molecule has 1 amide bonds. The summed E-state index contributed by atoms with van der Waals surface area (Å²) in [6, 6.07) is 17.7. The summed E-state index contributed by atoms with van der Waals surface area (Å²) in [5.41, 5.74) is 3.63. The van der Waals surface area contributed by atoms with Crippen LogP contribution in [0.1, 0.15) is 21.6 Å². The molecule has 0 atom stereocenters. The number of rotatable bonds is 4. The summed E-state index contributed by atoms with van der Waals surface area (Å²) in [5.74, 6) is -0.548. The number of aryl methyl sites for hydroxylation is 1. The molecule has 5 heteroatoms. The molecule has 0 radical (unpaired) electrons. The van der Waals surface area contributed by atoms with Gasteiger partial charge >= 0.3 is 0 Å². The highest BCUT2D eigenvalue weighted by molar-refractivity contribution is 6.15. The number of pyridine rings is 1. The number of anilines is 1. The highest BCUT2D eigenvalue weighted by Gasteiger charge is 2.24. The van der Waals surface area contributed by atoms with Gasteiger partial charge in [-0.15, -0.1) is 0 Å². The van der Waals surface area contributed by atoms with Crippen molar-refractivity contribution in [1.29, 1.82) is 0 Å². The van der Waals surface area contributed by atoms with Crippen LogP contribution in [-0.2, 0) is 6.54 Å². The van der Waals surface area contributed by atoms with Gasteiger partial charge in [0.15, 0.2) is 0 Å². The molecule has 0 spiro atoms. The van der Waals surface area contributed by atoms with Crippen molar-refractivity contribution in [2.45, 2.75) is 13.5 Å². The second kappa shape index (κ2) is 7.03. The molecule has 4 rings (SSSR count). The molecule has 0 saturated heterocycles. The van der Waals surface area contributed by atoms with Crippen molar-refractivity contribution in [3.63, 3.8) is 0 Å². The van der Waals surface area contributed by atoms with E-state index in [1.165, 1.54) is 12.1 Å². The third-order valence-corrected chi connectivity index (χ3v) is 4.54. The van der Waals surface area contributed by atoms with Crippen molar-refractivity contribution in [3.05, 3.63) is 95.7 Å². The minimum Gasteiger partial charge on any atom is -0.358 e. The normalized spacial score (nSPS) is 10.9. The van der Waals surface area contributed by atoms with E-state index in [9.17, 15) is 9.18 Å². The average Bonchev–Trinajstić information content (AvgIpc) is 3.02. The molecule has 0 aliphatic carbocycles. The highest BCUT2D eigenvalue weighted by Crippen LogP contribution is 2.27. The van der Waals surface area contributed by atoms with Crippen molar-refractivity contribution in [2.24, 2.45) is 0 Å². The molecule has 0 aliphatic heterocycles. The standard InChI is InChI=1S/C22H18FN3O/c1-15-21(19-12-17(23)9-10-20(19)25-15)22(27)26(18-7-3-2-4-8-18)14-16-6-5-11-24-13-16/h2-13,25H,14H2,1H3. The van der Waals surface area contributed by atoms with E-state index in [0.717, 1.165) is 16.8 Å². The van der Waals surface area contributed by atoms with E-state index >= 15 is 0 Å². The van der Waals surface area contributed by atoms with Crippen LogP contribution >= 0.6 is 0 Å². The van der Waals surface area contributed by atoms with E-state index < -0.39 is 0 Å². The van der Waals surface area contributed by atoms with Crippen LogP contribution in [0.25, 0.3) is 10.9 Å². The molecule has 4 nitrogen and oxygen atoms in total. The number of amides is 1. The first kappa shape index (κ1) is 17.0. The molecule has 2 aromatic heterocycles. The zero-order valence-electron chi connectivity index (χ0n) is 14.8. The third kappa shape index (κ3) is 3.31. The van der Waals surface area contributed by atoms with Crippen LogP contribution in [0.2, 0.25) is 0 Å². The first-order valence-electron chi connectivity index (χ1n) is 8.67. The van der Waals surface area contributed by atoms with Crippen molar-refractivity contribution < 1.29 is 9.18 Å². The second-order valence-corrected chi connectivity index (χ2v) is 6.40. The Hall–Kier alpha value is -3.47. The monoisotopic (exact) mass is 359 g/mol. The summed E-state index contributed by atoms with van der Waals surface area (Å²) in [5, 5.41) is 0.588. The van der Waals surface area contributed by atoms with Crippen LogP contribution in [0.4, 0.5) is 10.1 Å². The van der Waals surface area contributed by atoms with Gasteiger partial charge < -0.3 is 9.88 Å². The van der Waals surface area contributed by atoms with Gasteiger partial charge in [-0.25, -0.2) is 4.39 Å². The van der Waals surface area contributed by atoms with Crippen LogP contribution in [0, 0.1) is 12.7 Å². The Morgan fingerprint density at radius 1 is 1.11 bits per heavy atom. The van der Waals surface area contributed by atoms with Crippen molar-refractivity contribution >= 4 is 22.5 Å². The van der Waals surface area contributed by atoms with Gasteiger partial charge in [0.1, 0.15) is 5.82 Å². The third-order valence-electron chi connectivity index (χ3n) is 4.54. The molecule has 27 heavy (non-hydrogen) atoms. The van der Waals surface area contributed by atoms with Gasteiger partial charge in [0.25, 0.3) is 5.91 Å². The lowest BCUT2D eigenvalue weighted by Crippen LogP contribution is -2.30. The van der Waals surface area contributed by atoms with Gasteiger partial charge in [-0.2, -0.15) is 0 Å². The SMILES string of the molecule is Cc1[nH]c2ccc(F)cc2c1C(=O)N(Cc1cccnc1)c1ccccc1. The smallest absolute Gasteiger partial charge is 0.261 e. The number of nitrogens with zero attached hydrogens (tertiary/aromatic N) is 2. The van der Waals surface area contributed by atoms with E-state index in [2.05, 4.69) is 9.97 Å². The lowest BCUT2D eigenvalue weighted by atomic mass is 10.1. The van der Waals surface area contributed by atoms with Crippen LogP contribution in [0.15, 0.2) is 73.1 Å². The molecule has 134 valence electrons. The Balaban J connectivity index is 1.82. The quantitative estimate of drug-likeness (QED) is 0.566. The zero-order valence-corrected chi connectivity index (χ0v) is 14.8. The number of carbonyl (C=O) groups excluding carboxylic acids is 1. The number of H-pyrrole nitrogens is 1. The maximum Gasteiger partial charge on any atom is 0.261 e. The highest BCUT2D eigenvalue weighted by atomic mass is 19.1. The molecule has 0 bridgehead atoms. The lowest BCUT2D eigenvalue weighted by molar-refractivity contribution is 0.0986. The molecule has 2 heterocycles. The second-order valence-electron chi connectivity index (χ2n) is 6.40. The number of fused-ring (bicyclic) bond motifs is 1. The summed E-state index contributed by atoms with van der Waals surface area (Å²) in [6.45, 7) is 2.20. The predicted molar refractivity (Wildman–Crippen MR) is 104 cm³/mol. The molecule has 1 N–H and O–H groups in total. The molecule has 0 fully saturated rings. The number of carbonyl (C=O) groups is 1. The summed E-state index contributed by atoms with van der Waals surface area (Å²) < 4.78 is 13.8. The van der Waals surface area contributed by atoms with Gasteiger partial charge in [0.05, 0.1) is 12.1 Å². The summed E-state index contributed by atoms with van der Waals surface area (Å²) in [6.07, 6.45) is 3.44. The average molecular weight is 359 g/mol. The summed E-state index contributed by atoms with van der Waals surface area (Å²) in [7, 11) is 0. The Morgan fingerprint density at radius 3 is 2.67 bits per heavy atom. The number of benzene rings is 2. The number of para-hydroxylation sites is 1.